The molecule has 3 aliphatic heterocycles. The zero-order chi connectivity index (χ0) is 62.3. The number of amides is 9. The smallest absolute Gasteiger partial charge is 0.410 e. The highest BCUT2D eigenvalue weighted by Crippen LogP contribution is 2.38. The number of aliphatic hydroxyl groups is 3. The van der Waals surface area contributed by atoms with Gasteiger partial charge in [-0.3, -0.25) is 52.2 Å². The highest BCUT2D eigenvalue weighted by Gasteiger charge is 2.45. The summed E-state index contributed by atoms with van der Waals surface area (Å²) in [6, 6.07) is -2.93. The zero-order valence-corrected chi connectivity index (χ0v) is 50.7. The Morgan fingerprint density at radius 1 is 0.940 bits per heavy atom. The van der Waals surface area contributed by atoms with Crippen molar-refractivity contribution in [1.29, 1.82) is 0 Å². The van der Waals surface area contributed by atoms with E-state index in [1.807, 2.05) is 0 Å². The van der Waals surface area contributed by atoms with Gasteiger partial charge in [-0.25, -0.2) is 4.79 Å². The molecule has 12 atom stereocenters. The molecule has 28 nitrogen and oxygen atoms in total. The Morgan fingerprint density at radius 2 is 1.62 bits per heavy atom. The summed E-state index contributed by atoms with van der Waals surface area (Å²) in [5.41, 5.74) is 12.1. The molecule has 1 fully saturated rings. The number of aromatic nitrogens is 1. The minimum atomic E-state index is -2.43. The Hall–Kier alpha value is -5.87. The number of aliphatic hydroxyl groups excluding tert-OH is 3. The number of ether oxygens (including phenoxy) is 1. The van der Waals surface area contributed by atoms with Crippen LogP contribution in [0, 0.1) is 23.7 Å². The average molecular weight is 1260 g/mol. The van der Waals surface area contributed by atoms with Gasteiger partial charge in [-0.1, -0.05) is 48.8 Å². The first kappa shape index (κ1) is 68.9. The van der Waals surface area contributed by atoms with Crippen molar-refractivity contribution in [3.8, 4) is 5.75 Å². The van der Waals surface area contributed by atoms with Crippen molar-refractivity contribution in [2.75, 3.05) is 63.6 Å². The number of fused-ring (bicyclic) bond motifs is 5. The summed E-state index contributed by atoms with van der Waals surface area (Å²) in [4.78, 5) is 158. The predicted molar refractivity (Wildman–Crippen MR) is 312 cm³/mol. The second-order valence-electron chi connectivity index (χ2n) is 21.6. The second-order valence-corrected chi connectivity index (χ2v) is 26.8. The molecule has 9 amide bonds. The molecule has 4 heterocycles. The topological polar surface area (TPSA) is 441 Å². The number of carbonyl (C=O) groups excluding carboxylic acids is 11. The lowest BCUT2D eigenvalue weighted by Crippen LogP contribution is -2.56. The van der Waals surface area contributed by atoms with E-state index in [1.165, 1.54) is 58.7 Å². The number of Topliss-reactive ketones (excluding diaryl/α,β-unsaturated/α-hetero) is 2. The van der Waals surface area contributed by atoms with E-state index in [4.69, 9.17) is 20.8 Å². The lowest BCUT2D eigenvalue weighted by molar-refractivity contribution is -0.145. The summed E-state index contributed by atoms with van der Waals surface area (Å²) in [6.07, 6.45) is -6.74. The molecule has 5 rings (SSSR count). The van der Waals surface area contributed by atoms with E-state index < -0.39 is 211 Å². The summed E-state index contributed by atoms with van der Waals surface area (Å²) < 4.78 is 29.1. The zero-order valence-electron chi connectivity index (χ0n) is 47.5. The highest BCUT2D eigenvalue weighted by atomic mass is 33.1. The molecule has 2 bridgehead atoms. The van der Waals surface area contributed by atoms with Crippen LogP contribution in [0.3, 0.4) is 0 Å². The summed E-state index contributed by atoms with van der Waals surface area (Å²) in [7, 11) is 1.76. The summed E-state index contributed by atoms with van der Waals surface area (Å²) in [5.74, 6) is -14.0. The largest absolute Gasteiger partial charge is 0.414 e. The molecule has 0 saturated carbocycles. The van der Waals surface area contributed by atoms with Gasteiger partial charge >= 0.3 is 6.09 Å². The molecule has 2 unspecified atom stereocenters. The van der Waals surface area contributed by atoms with Crippen LogP contribution in [-0.4, -0.2) is 215 Å². The third-order valence-electron chi connectivity index (χ3n) is 14.9. The fourth-order valence-corrected chi connectivity index (χ4v) is 13.9. The fourth-order valence-electron chi connectivity index (χ4n) is 9.65. The number of aromatic amines is 1. The molecular weight excluding hydrogens is 1180 g/mol. The Bertz CT molecular complexity index is 2810. The Balaban J connectivity index is 1.62. The van der Waals surface area contributed by atoms with Crippen LogP contribution in [0.25, 0.3) is 10.9 Å². The number of hydrogen-bond acceptors (Lipinski definition) is 21. The van der Waals surface area contributed by atoms with Crippen LogP contribution in [0.1, 0.15) is 72.3 Å². The number of nitrogens with two attached hydrogens (primary N) is 2. The average Bonchev–Trinajstić information content (AvgIpc) is 3.21. The Labute approximate surface area is 499 Å². The first-order chi connectivity index (χ1) is 39.6. The number of H-pyrrole nitrogens is 1. The maximum atomic E-state index is 15.1. The van der Waals surface area contributed by atoms with Gasteiger partial charge in [-0.15, -0.1) is 0 Å². The van der Waals surface area contributed by atoms with Crippen molar-refractivity contribution >= 4 is 120 Å². The Morgan fingerprint density at radius 3 is 2.27 bits per heavy atom. The van der Waals surface area contributed by atoms with Gasteiger partial charge in [0.15, 0.2) is 11.6 Å². The van der Waals surface area contributed by atoms with Gasteiger partial charge in [-0.2, -0.15) is 0 Å². The van der Waals surface area contributed by atoms with E-state index in [2.05, 4.69) is 36.9 Å². The van der Waals surface area contributed by atoms with Gasteiger partial charge in [0.25, 0.3) is 0 Å². The molecule has 1 saturated heterocycles. The van der Waals surface area contributed by atoms with Crippen molar-refractivity contribution in [2.45, 2.75) is 125 Å². The van der Waals surface area contributed by atoms with Gasteiger partial charge in [0, 0.05) is 91.9 Å². The molecule has 466 valence electrons. The molecule has 0 radical (unpaired) electrons. The third-order valence-corrected chi connectivity index (χ3v) is 20.1. The van der Waals surface area contributed by atoms with Crippen molar-refractivity contribution in [3.63, 3.8) is 0 Å². The molecule has 32 heteroatoms. The van der Waals surface area contributed by atoms with Gasteiger partial charge in [0.2, 0.25) is 47.3 Å². The van der Waals surface area contributed by atoms with Gasteiger partial charge in [0.05, 0.1) is 78.0 Å². The summed E-state index contributed by atoms with van der Waals surface area (Å²) in [6.45, 7) is 5.79. The van der Waals surface area contributed by atoms with Crippen molar-refractivity contribution in [2.24, 2.45) is 35.1 Å². The summed E-state index contributed by atoms with van der Waals surface area (Å²) >= 11 is 0.589. The van der Waals surface area contributed by atoms with E-state index >= 15 is 4.21 Å². The molecule has 0 aliphatic carbocycles. The lowest BCUT2D eigenvalue weighted by Gasteiger charge is -2.32. The van der Waals surface area contributed by atoms with Gasteiger partial charge in [-0.05, 0) is 55.9 Å². The maximum Gasteiger partial charge on any atom is 0.414 e. The molecular formula is C52H77N11O17S4. The predicted octanol–water partition coefficient (Wildman–Crippen LogP) is -2.20. The van der Waals surface area contributed by atoms with Crippen molar-refractivity contribution < 1.29 is 81.6 Å². The van der Waals surface area contributed by atoms with E-state index in [9.17, 15) is 68.1 Å². The molecule has 2 aromatic rings. The van der Waals surface area contributed by atoms with E-state index in [-0.39, 0.29) is 40.3 Å². The highest BCUT2D eigenvalue weighted by molar-refractivity contribution is 8.77. The van der Waals surface area contributed by atoms with Crippen LogP contribution in [0.2, 0.25) is 0 Å². The first-order valence-electron chi connectivity index (χ1n) is 27.2. The molecule has 1 aromatic heterocycles. The number of primary amides is 1. The SMILES string of the molecule is CC[C@H](C)[C@@H]1NC(=O)CNC(=O)[C@@H]2CC(=O)[C@H]([C@@H](C)[C@@H](O)CO)NC(=O)[C@@H]3C[C@@H](O)CN3C(=O)[C@H](CC(N)=O)CC(=O)[C@H](CS(=O)c3[nH]c4cc(OC(=O)N(C)CCSSC(C)(C)C(N)C(=O)NCCSO)ccc4c3C2)NC(=O)CNC1=O. The van der Waals surface area contributed by atoms with Crippen LogP contribution in [0.5, 0.6) is 5.75 Å². The van der Waals surface area contributed by atoms with Crippen LogP contribution in [0.15, 0.2) is 23.2 Å². The number of hydrogen-bond donors (Lipinski definition) is 13. The molecule has 0 spiro atoms. The number of ketones is 2. The molecule has 84 heavy (non-hydrogen) atoms. The monoisotopic (exact) mass is 1260 g/mol. The first-order valence-corrected chi connectivity index (χ1v) is 31.8. The van der Waals surface area contributed by atoms with Crippen LogP contribution < -0.4 is 48.1 Å². The minimum absolute atomic E-state index is 0.0259. The van der Waals surface area contributed by atoms with Crippen molar-refractivity contribution in [1.82, 2.24) is 46.7 Å². The van der Waals surface area contributed by atoms with Crippen LogP contribution >= 0.6 is 33.6 Å². The standard InChI is InChI=1S/C52H77N11O17S4/c1-7-25(2)42-47(74)57-20-40(70)58-34-24-84(79)49-32(31-9-8-30(19-33(31)59-49)80-51(77)62(6)11-13-82-83-52(4,5)44(54)48(75)55-10-12-81-78)14-27(45(72)56-21-41(71)60-42)15-37(67)43(26(3)38(68)23-64)61-46(73)35-18-29(65)22-63(35)50(76)28(16-36(34)66)17-39(53)69/h8-9,19,25-29,34-35,38,42-44,59,64-65,68,78H,7,10-18,20-24,54H2,1-6H3,(H2,53,69)(H,55,75)(H,56,72)(H,57,74)(H,58,70)(H,60,71)(H,61,73)/t25-,26-,27-,28-,29+,34-,35-,38-,42-,43-,44?,84?/m0/s1. The summed E-state index contributed by atoms with van der Waals surface area (Å²) in [5, 5.41) is 47.2. The molecule has 3 aliphatic rings. The molecule has 15 N–H and O–H groups in total. The van der Waals surface area contributed by atoms with E-state index in [0.29, 0.717) is 30.0 Å². The maximum absolute atomic E-state index is 15.1. The Kier molecular flexibility index (Phi) is 25.8. The number of nitrogens with one attached hydrogen (secondary N) is 7. The lowest BCUT2D eigenvalue weighted by atomic mass is 9.85. The van der Waals surface area contributed by atoms with Crippen LogP contribution in [0.4, 0.5) is 4.79 Å². The van der Waals surface area contributed by atoms with Gasteiger partial charge < -0.3 is 82.8 Å². The normalized spacial score (nSPS) is 25.2. The number of nitrogens with zero attached hydrogens (tertiary/aromatic N) is 2. The number of benzene rings is 1. The van der Waals surface area contributed by atoms with Crippen molar-refractivity contribution in [3.05, 3.63) is 23.8 Å². The molecule has 1 aromatic carbocycles. The number of rotatable bonds is 18. The van der Waals surface area contributed by atoms with E-state index in [1.54, 1.807) is 27.7 Å². The second kappa shape index (κ2) is 31.5. The fraction of sp³-hybridized carbons (Fsp3) is 0.635. The number of carbonyl (C=O) groups is 11. The van der Waals surface area contributed by atoms with Crippen LogP contribution in [-0.2, 0) is 65.2 Å². The quantitative estimate of drug-likeness (QED) is 0.0428. The third kappa shape index (κ3) is 18.6. The van der Waals surface area contributed by atoms with E-state index in [0.717, 1.165) is 4.90 Å². The van der Waals surface area contributed by atoms with Gasteiger partial charge in [0.1, 0.15) is 22.9 Å². The minimum Gasteiger partial charge on any atom is -0.410 e.